The monoisotopic (exact) mass is 278 g/mol. The fourth-order valence-corrected chi connectivity index (χ4v) is 2.09. The van der Waals surface area contributed by atoms with Gasteiger partial charge in [0.25, 0.3) is 0 Å². The van der Waals surface area contributed by atoms with Crippen molar-refractivity contribution < 1.29 is 4.39 Å². The van der Waals surface area contributed by atoms with E-state index in [1.165, 1.54) is 6.07 Å². The van der Waals surface area contributed by atoms with Crippen molar-refractivity contribution in [3.8, 4) is 0 Å². The summed E-state index contributed by atoms with van der Waals surface area (Å²) in [7, 11) is 0. The van der Waals surface area contributed by atoms with Gasteiger partial charge in [0, 0.05) is 18.3 Å². The van der Waals surface area contributed by atoms with Crippen molar-refractivity contribution in [3.05, 3.63) is 64.7 Å². The molecule has 2 aromatic rings. The lowest BCUT2D eigenvalue weighted by Gasteiger charge is -2.20. The van der Waals surface area contributed by atoms with Crippen LogP contribution in [0, 0.1) is 5.82 Å². The standard InChI is InChI=1S/C15H16ClFN2/c1-10(12-6-7-13(16)14(17)9-12)19-11(2)15-5-3-4-8-18-15/h3-11,19H,1-2H3/t10?,11-/m1/s1. The molecule has 2 nitrogen and oxygen atoms in total. The van der Waals surface area contributed by atoms with Gasteiger partial charge in [0.1, 0.15) is 5.82 Å². The predicted molar refractivity (Wildman–Crippen MR) is 75.6 cm³/mol. The molecule has 0 aliphatic rings. The maximum absolute atomic E-state index is 13.4. The second-order valence-electron chi connectivity index (χ2n) is 4.54. The van der Waals surface area contributed by atoms with E-state index in [0.29, 0.717) is 0 Å². The zero-order chi connectivity index (χ0) is 13.8. The number of pyridine rings is 1. The largest absolute Gasteiger partial charge is 0.302 e. The number of nitrogens with zero attached hydrogens (tertiary/aromatic N) is 1. The van der Waals surface area contributed by atoms with Crippen LogP contribution >= 0.6 is 11.6 Å². The average Bonchev–Trinajstić information content (AvgIpc) is 2.42. The lowest BCUT2D eigenvalue weighted by molar-refractivity contribution is 0.484. The molecule has 1 heterocycles. The smallest absolute Gasteiger partial charge is 0.142 e. The van der Waals surface area contributed by atoms with Crippen LogP contribution in [0.15, 0.2) is 42.6 Å². The molecule has 0 saturated carbocycles. The summed E-state index contributed by atoms with van der Waals surface area (Å²) >= 11 is 5.68. The third-order valence-corrected chi connectivity index (χ3v) is 3.38. The summed E-state index contributed by atoms with van der Waals surface area (Å²) in [6, 6.07) is 10.8. The van der Waals surface area contributed by atoms with Crippen LogP contribution in [-0.2, 0) is 0 Å². The summed E-state index contributed by atoms with van der Waals surface area (Å²) in [6.45, 7) is 4.02. The molecule has 2 rings (SSSR count). The quantitative estimate of drug-likeness (QED) is 0.903. The van der Waals surface area contributed by atoms with Crippen molar-refractivity contribution in [1.29, 1.82) is 0 Å². The molecule has 0 saturated heterocycles. The second-order valence-corrected chi connectivity index (χ2v) is 4.95. The van der Waals surface area contributed by atoms with Crippen molar-refractivity contribution in [2.75, 3.05) is 0 Å². The van der Waals surface area contributed by atoms with Crippen LogP contribution in [0.1, 0.15) is 37.2 Å². The number of halogens is 2. The summed E-state index contributed by atoms with van der Waals surface area (Å²) in [5, 5.41) is 3.53. The van der Waals surface area contributed by atoms with E-state index >= 15 is 0 Å². The summed E-state index contributed by atoms with van der Waals surface area (Å²) in [6.07, 6.45) is 1.76. The molecule has 0 aliphatic carbocycles. The zero-order valence-electron chi connectivity index (χ0n) is 10.9. The van der Waals surface area contributed by atoms with Gasteiger partial charge in [0.2, 0.25) is 0 Å². The topological polar surface area (TPSA) is 24.9 Å². The predicted octanol–water partition coefficient (Wildman–Crippen LogP) is 4.29. The third kappa shape index (κ3) is 3.52. The van der Waals surface area contributed by atoms with Gasteiger partial charge in [0.05, 0.1) is 10.7 Å². The summed E-state index contributed by atoms with van der Waals surface area (Å²) in [4.78, 5) is 4.30. The first kappa shape index (κ1) is 14.0. The molecule has 19 heavy (non-hydrogen) atoms. The first-order chi connectivity index (χ1) is 9.08. The molecule has 0 radical (unpaired) electrons. The maximum Gasteiger partial charge on any atom is 0.142 e. The van der Waals surface area contributed by atoms with Crippen molar-refractivity contribution in [3.63, 3.8) is 0 Å². The zero-order valence-corrected chi connectivity index (χ0v) is 11.7. The highest BCUT2D eigenvalue weighted by molar-refractivity contribution is 6.30. The van der Waals surface area contributed by atoms with Gasteiger partial charge < -0.3 is 5.32 Å². The Morgan fingerprint density at radius 2 is 1.95 bits per heavy atom. The van der Waals surface area contributed by atoms with E-state index in [1.807, 2.05) is 38.1 Å². The van der Waals surface area contributed by atoms with Gasteiger partial charge in [0.15, 0.2) is 0 Å². The van der Waals surface area contributed by atoms with E-state index in [4.69, 9.17) is 11.6 Å². The molecule has 0 aliphatic heterocycles. The van der Waals surface area contributed by atoms with Crippen LogP contribution in [0.25, 0.3) is 0 Å². The Morgan fingerprint density at radius 1 is 1.16 bits per heavy atom. The first-order valence-corrected chi connectivity index (χ1v) is 6.57. The molecule has 0 amide bonds. The second kappa shape index (κ2) is 6.13. The number of rotatable bonds is 4. The van der Waals surface area contributed by atoms with E-state index in [-0.39, 0.29) is 17.1 Å². The van der Waals surface area contributed by atoms with Crippen LogP contribution in [0.3, 0.4) is 0 Å². The van der Waals surface area contributed by atoms with E-state index in [2.05, 4.69) is 10.3 Å². The highest BCUT2D eigenvalue weighted by Crippen LogP contribution is 2.22. The lowest BCUT2D eigenvalue weighted by atomic mass is 10.1. The molecule has 0 fully saturated rings. The minimum absolute atomic E-state index is 0.0174. The van der Waals surface area contributed by atoms with Gasteiger partial charge in [-0.1, -0.05) is 23.7 Å². The van der Waals surface area contributed by atoms with Crippen LogP contribution < -0.4 is 5.32 Å². The van der Waals surface area contributed by atoms with E-state index < -0.39 is 5.82 Å². The molecule has 1 aromatic carbocycles. The lowest BCUT2D eigenvalue weighted by Crippen LogP contribution is -2.23. The molecule has 4 heteroatoms. The van der Waals surface area contributed by atoms with Crippen LogP contribution in [0.5, 0.6) is 0 Å². The number of hydrogen-bond donors (Lipinski definition) is 1. The van der Waals surface area contributed by atoms with E-state index in [9.17, 15) is 4.39 Å². The van der Waals surface area contributed by atoms with Gasteiger partial charge in [-0.25, -0.2) is 4.39 Å². The van der Waals surface area contributed by atoms with Crippen molar-refractivity contribution in [1.82, 2.24) is 10.3 Å². The van der Waals surface area contributed by atoms with Crippen LogP contribution in [-0.4, -0.2) is 4.98 Å². The maximum atomic E-state index is 13.4. The van der Waals surface area contributed by atoms with E-state index in [1.54, 1.807) is 12.3 Å². The summed E-state index contributed by atoms with van der Waals surface area (Å²) in [5.74, 6) is -0.390. The van der Waals surface area contributed by atoms with Gasteiger partial charge in [-0.15, -0.1) is 0 Å². The minimum Gasteiger partial charge on any atom is -0.302 e. The van der Waals surface area contributed by atoms with Gasteiger partial charge >= 0.3 is 0 Å². The molecule has 100 valence electrons. The average molecular weight is 279 g/mol. The van der Waals surface area contributed by atoms with Gasteiger partial charge in [-0.3, -0.25) is 4.98 Å². The number of benzene rings is 1. The highest BCUT2D eigenvalue weighted by atomic mass is 35.5. The SMILES string of the molecule is CC(N[C@H](C)c1ccccn1)c1ccc(Cl)c(F)c1. The third-order valence-electron chi connectivity index (χ3n) is 3.08. The van der Waals surface area contributed by atoms with Crippen molar-refractivity contribution >= 4 is 11.6 Å². The van der Waals surface area contributed by atoms with E-state index in [0.717, 1.165) is 11.3 Å². The number of hydrogen-bond acceptors (Lipinski definition) is 2. The summed E-state index contributed by atoms with van der Waals surface area (Å²) in [5.41, 5.74) is 1.83. The van der Waals surface area contributed by atoms with Crippen LogP contribution in [0.4, 0.5) is 4.39 Å². The van der Waals surface area contributed by atoms with Gasteiger partial charge in [-0.2, -0.15) is 0 Å². The molecule has 0 bridgehead atoms. The first-order valence-electron chi connectivity index (χ1n) is 6.20. The molecular formula is C15H16ClFN2. The number of aromatic nitrogens is 1. The van der Waals surface area contributed by atoms with Gasteiger partial charge in [-0.05, 0) is 43.7 Å². The Hall–Kier alpha value is -1.45. The summed E-state index contributed by atoms with van der Waals surface area (Å²) < 4.78 is 13.4. The van der Waals surface area contributed by atoms with Crippen molar-refractivity contribution in [2.45, 2.75) is 25.9 Å². The van der Waals surface area contributed by atoms with Crippen molar-refractivity contribution in [2.24, 2.45) is 0 Å². The highest BCUT2D eigenvalue weighted by Gasteiger charge is 2.13. The molecule has 0 spiro atoms. The molecular weight excluding hydrogens is 263 g/mol. The number of nitrogens with one attached hydrogen (secondary N) is 1. The molecule has 1 aromatic heterocycles. The fraction of sp³-hybridized carbons (Fsp3) is 0.267. The van der Waals surface area contributed by atoms with Crippen LogP contribution in [0.2, 0.25) is 5.02 Å². The molecule has 2 atom stereocenters. The molecule has 1 unspecified atom stereocenters. The normalized spacial score (nSPS) is 14.1. The Balaban J connectivity index is 2.08. The fourth-order valence-electron chi connectivity index (χ4n) is 1.97. The minimum atomic E-state index is -0.390. The Bertz CT molecular complexity index is 545. The Kier molecular flexibility index (Phi) is 4.51. The Labute approximate surface area is 117 Å². The molecule has 1 N–H and O–H groups in total. The Morgan fingerprint density at radius 3 is 2.58 bits per heavy atom.